The molecule has 2 aromatic rings. The lowest BCUT2D eigenvalue weighted by Crippen LogP contribution is -2.24. The molecule has 1 unspecified atom stereocenters. The van der Waals surface area contributed by atoms with Crippen molar-refractivity contribution >= 4 is 0 Å². The molecule has 0 radical (unpaired) electrons. The highest BCUT2D eigenvalue weighted by molar-refractivity contribution is 5.12. The lowest BCUT2D eigenvalue weighted by Gasteiger charge is -2.23. The van der Waals surface area contributed by atoms with E-state index in [0.717, 1.165) is 24.6 Å². The van der Waals surface area contributed by atoms with Gasteiger partial charge < -0.3 is 0 Å². The van der Waals surface area contributed by atoms with E-state index in [9.17, 15) is 0 Å². The summed E-state index contributed by atoms with van der Waals surface area (Å²) < 4.78 is 0. The van der Waals surface area contributed by atoms with Crippen molar-refractivity contribution < 1.29 is 0 Å². The normalized spacial score (nSPS) is 19.3. The fourth-order valence-electron chi connectivity index (χ4n) is 2.91. The zero-order valence-corrected chi connectivity index (χ0v) is 12.7. The predicted molar refractivity (Wildman–Crippen MR) is 82.7 cm³/mol. The van der Waals surface area contributed by atoms with Crippen LogP contribution in [0.2, 0.25) is 0 Å². The molecule has 0 spiro atoms. The molecule has 0 aliphatic carbocycles. The van der Waals surface area contributed by atoms with E-state index in [0.29, 0.717) is 12.0 Å². The Morgan fingerprint density at radius 3 is 2.86 bits per heavy atom. The monoisotopic (exact) mass is 282 g/mol. The van der Waals surface area contributed by atoms with E-state index < -0.39 is 0 Å². The third-order valence-corrected chi connectivity index (χ3v) is 4.01. The van der Waals surface area contributed by atoms with Crippen molar-refractivity contribution in [2.45, 2.75) is 45.2 Å². The van der Waals surface area contributed by atoms with Crippen LogP contribution in [0.25, 0.3) is 0 Å². The van der Waals surface area contributed by atoms with Gasteiger partial charge in [0.15, 0.2) is 0 Å². The Morgan fingerprint density at radius 1 is 1.19 bits per heavy atom. The topological polar surface area (TPSA) is 41.9 Å². The number of rotatable bonds is 4. The zero-order valence-electron chi connectivity index (χ0n) is 12.7. The molecule has 21 heavy (non-hydrogen) atoms. The molecule has 110 valence electrons. The maximum Gasteiger partial charge on any atom is 0.131 e. The summed E-state index contributed by atoms with van der Waals surface area (Å²) in [6, 6.07) is 8.62. The molecule has 1 aliphatic heterocycles. The van der Waals surface area contributed by atoms with Gasteiger partial charge in [-0.05, 0) is 37.6 Å². The summed E-state index contributed by atoms with van der Waals surface area (Å²) in [5.41, 5.74) is 2.28. The van der Waals surface area contributed by atoms with Crippen LogP contribution in [0.3, 0.4) is 0 Å². The van der Waals surface area contributed by atoms with Crippen LogP contribution >= 0.6 is 0 Å². The van der Waals surface area contributed by atoms with E-state index in [-0.39, 0.29) is 0 Å². The van der Waals surface area contributed by atoms with Crippen molar-refractivity contribution in [3.05, 3.63) is 53.9 Å². The predicted octanol–water partition coefficient (Wildman–Crippen LogP) is 3.33. The van der Waals surface area contributed by atoms with E-state index in [1.165, 1.54) is 18.5 Å². The van der Waals surface area contributed by atoms with Crippen molar-refractivity contribution in [3.8, 4) is 0 Å². The lowest BCUT2D eigenvalue weighted by molar-refractivity contribution is 0.241. The van der Waals surface area contributed by atoms with Crippen molar-refractivity contribution in [2.24, 2.45) is 0 Å². The molecule has 1 aliphatic rings. The van der Waals surface area contributed by atoms with Gasteiger partial charge in [0, 0.05) is 24.9 Å². The molecule has 1 atom stereocenters. The van der Waals surface area contributed by atoms with Crippen molar-refractivity contribution in [3.63, 3.8) is 0 Å². The number of likely N-dealkylation sites (tertiary alicyclic amines) is 1. The zero-order chi connectivity index (χ0) is 14.7. The third kappa shape index (κ3) is 3.27. The molecule has 4 heteroatoms. The Morgan fingerprint density at radius 2 is 2.10 bits per heavy atom. The van der Waals surface area contributed by atoms with Gasteiger partial charge in [-0.15, -0.1) is 0 Å². The van der Waals surface area contributed by atoms with Crippen molar-refractivity contribution in [1.29, 1.82) is 0 Å². The Labute approximate surface area is 126 Å². The number of hydrogen-bond acceptors (Lipinski definition) is 4. The minimum Gasteiger partial charge on any atom is -0.289 e. The molecule has 4 nitrogen and oxygen atoms in total. The van der Waals surface area contributed by atoms with E-state index in [4.69, 9.17) is 4.98 Å². The molecule has 0 bridgehead atoms. The average molecular weight is 282 g/mol. The maximum absolute atomic E-state index is 4.69. The number of nitrogens with zero attached hydrogens (tertiary/aromatic N) is 4. The fourth-order valence-corrected chi connectivity index (χ4v) is 2.91. The van der Waals surface area contributed by atoms with E-state index >= 15 is 0 Å². The quantitative estimate of drug-likeness (QED) is 0.862. The van der Waals surface area contributed by atoms with Crippen LogP contribution in [-0.4, -0.2) is 26.4 Å². The second-order valence-corrected chi connectivity index (χ2v) is 5.94. The van der Waals surface area contributed by atoms with Crippen LogP contribution in [0.4, 0.5) is 0 Å². The first-order valence-electron chi connectivity index (χ1n) is 7.71. The molecule has 2 aromatic heterocycles. The fraction of sp³-hybridized carbons (Fsp3) is 0.471. The number of hydrogen-bond donors (Lipinski definition) is 0. The van der Waals surface area contributed by atoms with Gasteiger partial charge in [-0.1, -0.05) is 19.9 Å². The standard InChI is InChI=1S/C17H22N4/c1-13(2)17-19-10-8-14(20-17)12-21-11-5-7-16(21)15-6-3-4-9-18-15/h3-4,6,8-10,13,16H,5,7,11-12H2,1-2H3. The third-order valence-electron chi connectivity index (χ3n) is 4.01. The van der Waals surface area contributed by atoms with Crippen molar-refractivity contribution in [1.82, 2.24) is 19.9 Å². The molecule has 1 fully saturated rings. The molecular weight excluding hydrogens is 260 g/mol. The summed E-state index contributed by atoms with van der Waals surface area (Å²) in [5.74, 6) is 1.30. The van der Waals surface area contributed by atoms with Gasteiger partial charge in [-0.3, -0.25) is 9.88 Å². The molecule has 0 aromatic carbocycles. The van der Waals surface area contributed by atoms with Gasteiger partial charge in [-0.25, -0.2) is 9.97 Å². The molecule has 1 saturated heterocycles. The van der Waals surface area contributed by atoms with Gasteiger partial charge in [0.25, 0.3) is 0 Å². The highest BCUT2D eigenvalue weighted by Gasteiger charge is 2.27. The molecule has 0 N–H and O–H groups in total. The van der Waals surface area contributed by atoms with Gasteiger partial charge >= 0.3 is 0 Å². The summed E-state index contributed by atoms with van der Waals surface area (Å²) in [5, 5.41) is 0. The first kappa shape index (κ1) is 14.1. The van der Waals surface area contributed by atoms with Crippen molar-refractivity contribution in [2.75, 3.05) is 6.54 Å². The average Bonchev–Trinajstić information content (AvgIpc) is 2.96. The minimum atomic E-state index is 0.370. The highest BCUT2D eigenvalue weighted by atomic mass is 15.2. The second kappa shape index (κ2) is 6.31. The van der Waals surface area contributed by atoms with Crippen LogP contribution in [0.15, 0.2) is 36.7 Å². The first-order valence-corrected chi connectivity index (χ1v) is 7.71. The Bertz CT molecular complexity index is 582. The van der Waals surface area contributed by atoms with E-state index in [1.807, 2.05) is 24.5 Å². The van der Waals surface area contributed by atoms with Gasteiger partial charge in [-0.2, -0.15) is 0 Å². The Hall–Kier alpha value is -1.81. The Balaban J connectivity index is 1.76. The van der Waals surface area contributed by atoms with Gasteiger partial charge in [0.2, 0.25) is 0 Å². The van der Waals surface area contributed by atoms with Crippen LogP contribution in [0, 0.1) is 0 Å². The second-order valence-electron chi connectivity index (χ2n) is 5.94. The molecule has 3 heterocycles. The maximum atomic E-state index is 4.69. The molecular formula is C17H22N4. The minimum absolute atomic E-state index is 0.370. The number of aromatic nitrogens is 3. The molecule has 0 saturated carbocycles. The number of pyridine rings is 1. The molecule has 0 amide bonds. The van der Waals surface area contributed by atoms with Crippen LogP contribution in [0.5, 0.6) is 0 Å². The summed E-state index contributed by atoms with van der Waals surface area (Å²) in [7, 11) is 0. The van der Waals surface area contributed by atoms with Crippen LogP contribution in [0.1, 0.15) is 55.9 Å². The summed E-state index contributed by atoms with van der Waals surface area (Å²) in [4.78, 5) is 16.0. The molecule has 3 rings (SSSR count). The lowest BCUT2D eigenvalue weighted by atomic mass is 10.1. The summed E-state index contributed by atoms with van der Waals surface area (Å²) >= 11 is 0. The SMILES string of the molecule is CC(C)c1nccc(CN2CCCC2c2ccccn2)n1. The van der Waals surface area contributed by atoms with Crippen LogP contribution in [-0.2, 0) is 6.54 Å². The van der Waals surface area contributed by atoms with Crippen LogP contribution < -0.4 is 0 Å². The highest BCUT2D eigenvalue weighted by Crippen LogP contribution is 2.31. The largest absolute Gasteiger partial charge is 0.289 e. The van der Waals surface area contributed by atoms with Gasteiger partial charge in [0.05, 0.1) is 17.4 Å². The summed E-state index contributed by atoms with van der Waals surface area (Å²) in [6.07, 6.45) is 6.17. The Kier molecular flexibility index (Phi) is 4.25. The smallest absolute Gasteiger partial charge is 0.131 e. The first-order chi connectivity index (χ1) is 10.2. The van der Waals surface area contributed by atoms with E-state index in [1.54, 1.807) is 0 Å². The van der Waals surface area contributed by atoms with E-state index in [2.05, 4.69) is 40.8 Å². The summed E-state index contributed by atoms with van der Waals surface area (Å²) in [6.45, 7) is 6.25. The van der Waals surface area contributed by atoms with Gasteiger partial charge in [0.1, 0.15) is 5.82 Å².